The predicted molar refractivity (Wildman–Crippen MR) is 120 cm³/mol. The van der Waals surface area contributed by atoms with E-state index in [1.165, 1.54) is 62.5 Å². The van der Waals surface area contributed by atoms with Crippen LogP contribution in [0.25, 0.3) is 0 Å². The summed E-state index contributed by atoms with van der Waals surface area (Å²) in [6, 6.07) is 19.2. The molecule has 1 atom stereocenters. The van der Waals surface area contributed by atoms with Gasteiger partial charge in [0.25, 0.3) is 0 Å². The van der Waals surface area contributed by atoms with E-state index in [1.54, 1.807) is 0 Å². The SMILES string of the molecule is CCCCCCC(C)Oc1ccc(C2CCC(c3ccc(C#N)cc3)CC2)cc1. The highest BCUT2D eigenvalue weighted by atomic mass is 16.5. The van der Waals surface area contributed by atoms with Crippen LogP contribution in [-0.2, 0) is 0 Å². The number of nitriles is 1. The van der Waals surface area contributed by atoms with Gasteiger partial charge < -0.3 is 4.74 Å². The zero-order valence-electron chi connectivity index (χ0n) is 18.1. The molecule has 29 heavy (non-hydrogen) atoms. The van der Waals surface area contributed by atoms with Gasteiger partial charge in [0.15, 0.2) is 0 Å². The summed E-state index contributed by atoms with van der Waals surface area (Å²) in [5.41, 5.74) is 3.59. The Morgan fingerprint density at radius 2 is 1.41 bits per heavy atom. The monoisotopic (exact) mass is 389 g/mol. The lowest BCUT2D eigenvalue weighted by atomic mass is 9.76. The van der Waals surface area contributed by atoms with Crippen LogP contribution in [0.2, 0.25) is 0 Å². The topological polar surface area (TPSA) is 33.0 Å². The van der Waals surface area contributed by atoms with Crippen LogP contribution in [0.5, 0.6) is 5.75 Å². The number of hydrogen-bond donors (Lipinski definition) is 0. The van der Waals surface area contributed by atoms with Gasteiger partial charge in [0, 0.05) is 0 Å². The molecule has 0 aromatic heterocycles. The maximum atomic E-state index is 8.97. The molecule has 1 aliphatic carbocycles. The number of benzene rings is 2. The maximum Gasteiger partial charge on any atom is 0.119 e. The van der Waals surface area contributed by atoms with E-state index in [-0.39, 0.29) is 0 Å². The lowest BCUT2D eigenvalue weighted by Crippen LogP contribution is -2.13. The van der Waals surface area contributed by atoms with Gasteiger partial charge >= 0.3 is 0 Å². The summed E-state index contributed by atoms with van der Waals surface area (Å²) in [7, 11) is 0. The van der Waals surface area contributed by atoms with Crippen molar-refractivity contribution in [2.45, 2.75) is 89.6 Å². The highest BCUT2D eigenvalue weighted by molar-refractivity contribution is 5.34. The molecule has 2 heteroatoms. The van der Waals surface area contributed by atoms with Crippen LogP contribution in [0.15, 0.2) is 48.5 Å². The number of hydrogen-bond acceptors (Lipinski definition) is 2. The maximum absolute atomic E-state index is 8.97. The Morgan fingerprint density at radius 1 is 0.862 bits per heavy atom. The summed E-state index contributed by atoms with van der Waals surface area (Å²) < 4.78 is 6.11. The zero-order valence-corrected chi connectivity index (χ0v) is 18.1. The highest BCUT2D eigenvalue weighted by Gasteiger charge is 2.23. The third kappa shape index (κ3) is 6.36. The van der Waals surface area contributed by atoms with E-state index in [2.05, 4.69) is 56.3 Å². The lowest BCUT2D eigenvalue weighted by molar-refractivity contribution is 0.206. The normalized spacial score (nSPS) is 20.0. The molecule has 0 saturated heterocycles. The van der Waals surface area contributed by atoms with Crippen LogP contribution in [0.4, 0.5) is 0 Å². The van der Waals surface area contributed by atoms with Crippen LogP contribution < -0.4 is 4.74 Å². The second kappa shape index (κ2) is 11.1. The molecule has 0 bridgehead atoms. The van der Waals surface area contributed by atoms with E-state index in [9.17, 15) is 0 Å². The fourth-order valence-corrected chi connectivity index (χ4v) is 4.56. The largest absolute Gasteiger partial charge is 0.491 e. The average molecular weight is 390 g/mol. The zero-order chi connectivity index (χ0) is 20.5. The smallest absolute Gasteiger partial charge is 0.119 e. The summed E-state index contributed by atoms with van der Waals surface area (Å²) in [6.07, 6.45) is 11.5. The third-order valence-electron chi connectivity index (χ3n) is 6.39. The van der Waals surface area contributed by atoms with Crippen LogP contribution >= 0.6 is 0 Å². The van der Waals surface area contributed by atoms with E-state index < -0.39 is 0 Å². The first-order chi connectivity index (χ1) is 14.2. The van der Waals surface area contributed by atoms with Crippen LogP contribution in [0, 0.1) is 11.3 Å². The van der Waals surface area contributed by atoms with E-state index in [0.29, 0.717) is 17.9 Å². The summed E-state index contributed by atoms with van der Waals surface area (Å²) in [5, 5.41) is 8.97. The Labute approximate surface area is 176 Å². The predicted octanol–water partition coefficient (Wildman–Crippen LogP) is 7.74. The molecule has 1 saturated carbocycles. The first kappa shape index (κ1) is 21.4. The Morgan fingerprint density at radius 3 is 1.93 bits per heavy atom. The minimum Gasteiger partial charge on any atom is -0.491 e. The molecule has 0 aliphatic heterocycles. The van der Waals surface area contributed by atoms with Gasteiger partial charge in [0.1, 0.15) is 5.75 Å². The fraction of sp³-hybridized carbons (Fsp3) is 0.519. The molecule has 0 N–H and O–H groups in total. The lowest BCUT2D eigenvalue weighted by Gasteiger charge is -2.29. The van der Waals surface area contributed by atoms with Crippen LogP contribution in [0.3, 0.4) is 0 Å². The molecule has 0 spiro atoms. The van der Waals surface area contributed by atoms with Gasteiger partial charge in [0.05, 0.1) is 17.7 Å². The number of unbranched alkanes of at least 4 members (excludes halogenated alkanes) is 3. The Bertz CT molecular complexity index is 764. The average Bonchev–Trinajstić information content (AvgIpc) is 2.77. The van der Waals surface area contributed by atoms with Crippen LogP contribution in [-0.4, -0.2) is 6.10 Å². The molecule has 2 nitrogen and oxygen atoms in total. The van der Waals surface area contributed by atoms with Gasteiger partial charge in [-0.25, -0.2) is 0 Å². The van der Waals surface area contributed by atoms with Gasteiger partial charge in [-0.2, -0.15) is 5.26 Å². The molecule has 2 aromatic carbocycles. The Balaban J connectivity index is 1.46. The van der Waals surface area contributed by atoms with Crippen molar-refractivity contribution in [1.82, 2.24) is 0 Å². The van der Waals surface area contributed by atoms with Gasteiger partial charge in [-0.3, -0.25) is 0 Å². The molecule has 3 rings (SSSR count). The molecular weight excluding hydrogens is 354 g/mol. The van der Waals surface area contributed by atoms with Crippen molar-refractivity contribution in [1.29, 1.82) is 5.26 Å². The molecular formula is C27H35NO. The molecule has 0 radical (unpaired) electrons. The van der Waals surface area contributed by atoms with Crippen molar-refractivity contribution in [3.05, 3.63) is 65.2 Å². The van der Waals surface area contributed by atoms with Gasteiger partial charge in [-0.1, -0.05) is 50.5 Å². The second-order valence-corrected chi connectivity index (χ2v) is 8.63. The van der Waals surface area contributed by atoms with E-state index >= 15 is 0 Å². The van der Waals surface area contributed by atoms with Gasteiger partial charge in [0.2, 0.25) is 0 Å². The Hall–Kier alpha value is -2.27. The van der Waals surface area contributed by atoms with Crippen molar-refractivity contribution >= 4 is 0 Å². The van der Waals surface area contributed by atoms with Crippen molar-refractivity contribution in [2.75, 3.05) is 0 Å². The number of ether oxygens (including phenoxy) is 1. The molecule has 1 fully saturated rings. The molecule has 0 amide bonds. The van der Waals surface area contributed by atoms with Crippen molar-refractivity contribution in [3.8, 4) is 11.8 Å². The minimum absolute atomic E-state index is 0.292. The fourth-order valence-electron chi connectivity index (χ4n) is 4.56. The molecule has 0 heterocycles. The summed E-state index contributed by atoms with van der Waals surface area (Å²) in [5.74, 6) is 2.29. The minimum atomic E-state index is 0.292. The van der Waals surface area contributed by atoms with E-state index in [4.69, 9.17) is 10.00 Å². The van der Waals surface area contributed by atoms with E-state index in [1.807, 2.05) is 12.1 Å². The van der Waals surface area contributed by atoms with Gasteiger partial charge in [-0.15, -0.1) is 0 Å². The second-order valence-electron chi connectivity index (χ2n) is 8.63. The standard InChI is InChI=1S/C27H35NO/c1-3-4-5-6-7-21(2)29-27-18-16-26(17-19-27)25-14-12-24(13-15-25)23-10-8-22(20-28)9-11-23/h8-11,16-19,21,24-25H,3-7,12-15H2,1-2H3. The summed E-state index contributed by atoms with van der Waals surface area (Å²) >= 11 is 0. The summed E-state index contributed by atoms with van der Waals surface area (Å²) in [6.45, 7) is 4.44. The third-order valence-corrected chi connectivity index (χ3v) is 6.39. The van der Waals surface area contributed by atoms with Crippen molar-refractivity contribution in [2.24, 2.45) is 0 Å². The van der Waals surface area contributed by atoms with Crippen LogP contribution in [0.1, 0.15) is 100 Å². The molecule has 1 unspecified atom stereocenters. The first-order valence-electron chi connectivity index (χ1n) is 11.5. The molecule has 2 aromatic rings. The quantitative estimate of drug-likeness (QED) is 0.411. The van der Waals surface area contributed by atoms with Gasteiger partial charge in [-0.05, 0) is 92.7 Å². The van der Waals surface area contributed by atoms with Crippen molar-refractivity contribution < 1.29 is 4.74 Å². The summed E-state index contributed by atoms with van der Waals surface area (Å²) in [4.78, 5) is 0. The first-order valence-corrected chi connectivity index (χ1v) is 11.5. The Kier molecular flexibility index (Phi) is 8.17. The highest BCUT2D eigenvalue weighted by Crippen LogP contribution is 2.40. The van der Waals surface area contributed by atoms with Crippen molar-refractivity contribution in [3.63, 3.8) is 0 Å². The van der Waals surface area contributed by atoms with E-state index in [0.717, 1.165) is 17.7 Å². The molecule has 154 valence electrons. The number of rotatable bonds is 9. The number of nitrogens with zero attached hydrogens (tertiary/aromatic N) is 1. The molecule has 1 aliphatic rings.